The fraction of sp³-hybridized carbons (Fsp3) is 0.588. The Morgan fingerprint density at radius 1 is 1.43 bits per heavy atom. The minimum absolute atomic E-state index is 0.0353. The lowest BCUT2D eigenvalue weighted by molar-refractivity contribution is -0.123. The summed E-state index contributed by atoms with van der Waals surface area (Å²) in [5.41, 5.74) is 1.05. The number of carbonyl (C=O) groups excluding carboxylic acids is 1. The second-order valence-electron chi connectivity index (χ2n) is 5.76. The summed E-state index contributed by atoms with van der Waals surface area (Å²) >= 11 is 0. The van der Waals surface area contributed by atoms with E-state index in [2.05, 4.69) is 17.1 Å². The van der Waals surface area contributed by atoms with Crippen LogP contribution in [0.5, 0.6) is 5.75 Å². The number of ether oxygens (including phenoxy) is 1. The molecule has 1 amide bonds. The van der Waals surface area contributed by atoms with E-state index in [1.165, 1.54) is 19.4 Å². The maximum absolute atomic E-state index is 11.9. The van der Waals surface area contributed by atoms with Crippen LogP contribution < -0.4 is 10.1 Å². The van der Waals surface area contributed by atoms with Gasteiger partial charge in [0.05, 0.1) is 0 Å². The zero-order valence-corrected chi connectivity index (χ0v) is 13.1. The van der Waals surface area contributed by atoms with E-state index in [1.807, 2.05) is 31.2 Å². The maximum Gasteiger partial charge on any atom is 0.257 e. The Labute approximate surface area is 127 Å². The van der Waals surface area contributed by atoms with Gasteiger partial charge in [-0.05, 0) is 50.4 Å². The van der Waals surface area contributed by atoms with E-state index >= 15 is 0 Å². The van der Waals surface area contributed by atoms with Crippen molar-refractivity contribution in [2.24, 2.45) is 5.92 Å². The molecule has 1 fully saturated rings. The molecule has 2 rings (SSSR count). The van der Waals surface area contributed by atoms with Crippen molar-refractivity contribution in [1.82, 2.24) is 10.2 Å². The molecule has 0 aromatic heterocycles. The Kier molecular flexibility index (Phi) is 6.05. The fourth-order valence-electron chi connectivity index (χ4n) is 2.78. The number of nitrogens with one attached hydrogen (secondary N) is 1. The fourth-order valence-corrected chi connectivity index (χ4v) is 2.78. The van der Waals surface area contributed by atoms with Gasteiger partial charge in [-0.25, -0.2) is 0 Å². The highest BCUT2D eigenvalue weighted by molar-refractivity contribution is 5.77. The molecule has 0 aliphatic carbocycles. The van der Waals surface area contributed by atoms with Crippen molar-refractivity contribution in [3.63, 3.8) is 0 Å². The van der Waals surface area contributed by atoms with Crippen molar-refractivity contribution in [2.75, 3.05) is 32.8 Å². The lowest BCUT2D eigenvalue weighted by atomic mass is 9.98. The molecule has 1 aliphatic rings. The first kappa shape index (κ1) is 15.8. The van der Waals surface area contributed by atoms with Crippen LogP contribution in [-0.2, 0) is 4.79 Å². The number of para-hydroxylation sites is 1. The smallest absolute Gasteiger partial charge is 0.257 e. The minimum Gasteiger partial charge on any atom is -0.484 e. The molecule has 0 saturated carbocycles. The van der Waals surface area contributed by atoms with E-state index in [4.69, 9.17) is 4.74 Å². The average Bonchev–Trinajstić information content (AvgIpc) is 2.52. The summed E-state index contributed by atoms with van der Waals surface area (Å²) in [6, 6.07) is 7.75. The average molecular weight is 290 g/mol. The summed E-state index contributed by atoms with van der Waals surface area (Å²) in [4.78, 5) is 14.3. The Bertz CT molecular complexity index is 462. The predicted octanol–water partition coefficient (Wildman–Crippen LogP) is 2.22. The van der Waals surface area contributed by atoms with Crippen LogP contribution in [-0.4, -0.2) is 43.6 Å². The van der Waals surface area contributed by atoms with Crippen LogP contribution in [0.1, 0.15) is 25.3 Å². The van der Waals surface area contributed by atoms with Crippen LogP contribution in [0.15, 0.2) is 24.3 Å². The topological polar surface area (TPSA) is 41.6 Å². The number of benzene rings is 1. The van der Waals surface area contributed by atoms with Crippen LogP contribution in [0.3, 0.4) is 0 Å². The van der Waals surface area contributed by atoms with Crippen molar-refractivity contribution in [2.45, 2.75) is 26.7 Å². The molecule has 21 heavy (non-hydrogen) atoms. The third-order valence-electron chi connectivity index (χ3n) is 4.09. The quantitative estimate of drug-likeness (QED) is 0.873. The number of nitrogens with zero attached hydrogens (tertiary/aromatic N) is 1. The number of rotatable bonds is 6. The zero-order valence-electron chi connectivity index (χ0n) is 13.1. The molecule has 116 valence electrons. The van der Waals surface area contributed by atoms with Crippen LogP contribution in [0.25, 0.3) is 0 Å². The van der Waals surface area contributed by atoms with Gasteiger partial charge in [0.25, 0.3) is 5.91 Å². The summed E-state index contributed by atoms with van der Waals surface area (Å²) in [5, 5.41) is 3.00. The molecule has 0 bridgehead atoms. The van der Waals surface area contributed by atoms with E-state index < -0.39 is 0 Å². The van der Waals surface area contributed by atoms with Gasteiger partial charge in [0, 0.05) is 13.1 Å². The molecule has 1 atom stereocenters. The van der Waals surface area contributed by atoms with Gasteiger partial charge in [-0.2, -0.15) is 0 Å². The van der Waals surface area contributed by atoms with E-state index in [1.54, 1.807) is 0 Å². The summed E-state index contributed by atoms with van der Waals surface area (Å²) < 4.78 is 5.56. The Balaban J connectivity index is 1.69. The van der Waals surface area contributed by atoms with Crippen molar-refractivity contribution >= 4 is 5.91 Å². The molecule has 1 N–H and O–H groups in total. The molecule has 0 unspecified atom stereocenters. The third-order valence-corrected chi connectivity index (χ3v) is 4.09. The first-order valence-corrected chi connectivity index (χ1v) is 7.86. The highest BCUT2D eigenvalue weighted by atomic mass is 16.5. The van der Waals surface area contributed by atoms with E-state index in [0.29, 0.717) is 5.92 Å². The second-order valence-corrected chi connectivity index (χ2v) is 5.76. The largest absolute Gasteiger partial charge is 0.484 e. The molecular formula is C17H26N2O2. The lowest BCUT2D eigenvalue weighted by Gasteiger charge is -2.31. The molecule has 0 spiro atoms. The summed E-state index contributed by atoms with van der Waals surface area (Å²) in [6.07, 6.45) is 2.43. The van der Waals surface area contributed by atoms with Crippen molar-refractivity contribution < 1.29 is 9.53 Å². The Morgan fingerprint density at radius 3 is 3.00 bits per heavy atom. The second kappa shape index (κ2) is 8.03. The molecule has 0 radical (unpaired) electrons. The molecule has 4 nitrogen and oxygen atoms in total. The highest BCUT2D eigenvalue weighted by Gasteiger charge is 2.19. The molecule has 4 heteroatoms. The van der Waals surface area contributed by atoms with Gasteiger partial charge in [0.2, 0.25) is 0 Å². The van der Waals surface area contributed by atoms with Crippen LogP contribution in [0.4, 0.5) is 0 Å². The minimum atomic E-state index is -0.0353. The van der Waals surface area contributed by atoms with E-state index in [9.17, 15) is 4.79 Å². The Hall–Kier alpha value is -1.55. The van der Waals surface area contributed by atoms with Crippen LogP contribution in [0, 0.1) is 12.8 Å². The van der Waals surface area contributed by atoms with Gasteiger partial charge in [0.1, 0.15) is 5.75 Å². The molecule has 1 aromatic rings. The first-order valence-electron chi connectivity index (χ1n) is 7.86. The number of piperidine rings is 1. The molecular weight excluding hydrogens is 264 g/mol. The van der Waals surface area contributed by atoms with Gasteiger partial charge >= 0.3 is 0 Å². The molecule has 1 aromatic carbocycles. The van der Waals surface area contributed by atoms with Gasteiger partial charge in [-0.3, -0.25) is 4.79 Å². The first-order chi connectivity index (χ1) is 10.2. The monoisotopic (exact) mass is 290 g/mol. The van der Waals surface area contributed by atoms with Gasteiger partial charge in [0.15, 0.2) is 6.61 Å². The van der Waals surface area contributed by atoms with Crippen molar-refractivity contribution in [1.29, 1.82) is 0 Å². The van der Waals surface area contributed by atoms with E-state index in [0.717, 1.165) is 30.9 Å². The summed E-state index contributed by atoms with van der Waals surface area (Å²) in [5.74, 6) is 1.32. The summed E-state index contributed by atoms with van der Waals surface area (Å²) in [6.45, 7) is 8.40. The lowest BCUT2D eigenvalue weighted by Crippen LogP contribution is -2.41. The van der Waals surface area contributed by atoms with Crippen LogP contribution >= 0.6 is 0 Å². The van der Waals surface area contributed by atoms with Crippen LogP contribution in [0.2, 0.25) is 0 Å². The van der Waals surface area contributed by atoms with Gasteiger partial charge < -0.3 is 15.0 Å². The number of hydrogen-bond acceptors (Lipinski definition) is 3. The number of amides is 1. The van der Waals surface area contributed by atoms with E-state index in [-0.39, 0.29) is 12.5 Å². The van der Waals surface area contributed by atoms with Gasteiger partial charge in [-0.15, -0.1) is 0 Å². The molecule has 1 heterocycles. The number of hydrogen-bond donors (Lipinski definition) is 1. The number of aryl methyl sites for hydroxylation is 1. The van der Waals surface area contributed by atoms with Crippen molar-refractivity contribution in [3.05, 3.63) is 29.8 Å². The standard InChI is InChI=1S/C17H26N2O2/c1-3-19-10-6-8-15(12-19)11-18-17(20)13-21-16-9-5-4-7-14(16)2/h4-5,7,9,15H,3,6,8,10-13H2,1-2H3,(H,18,20)/t15-/m1/s1. The highest BCUT2D eigenvalue weighted by Crippen LogP contribution is 2.16. The number of likely N-dealkylation sites (tertiary alicyclic amines) is 1. The molecule has 1 saturated heterocycles. The number of carbonyl (C=O) groups is 1. The van der Waals surface area contributed by atoms with Crippen molar-refractivity contribution in [3.8, 4) is 5.75 Å². The Morgan fingerprint density at radius 2 is 2.24 bits per heavy atom. The maximum atomic E-state index is 11.9. The predicted molar refractivity (Wildman–Crippen MR) is 84.5 cm³/mol. The third kappa shape index (κ3) is 5.05. The summed E-state index contributed by atoms with van der Waals surface area (Å²) in [7, 11) is 0. The molecule has 1 aliphatic heterocycles. The SMILES string of the molecule is CCN1CCC[C@H](CNC(=O)COc2ccccc2C)C1. The zero-order chi connectivity index (χ0) is 15.1. The normalized spacial score (nSPS) is 19.2. The van der Waals surface area contributed by atoms with Gasteiger partial charge in [-0.1, -0.05) is 25.1 Å².